The van der Waals surface area contributed by atoms with Crippen molar-refractivity contribution in [3.8, 4) is 0 Å². The van der Waals surface area contributed by atoms with Crippen molar-refractivity contribution in [2.45, 2.75) is 38.8 Å². The number of carboxylic acids is 1. The van der Waals surface area contributed by atoms with Crippen LogP contribution in [0.1, 0.15) is 26.7 Å². The van der Waals surface area contributed by atoms with Crippen LogP contribution in [0.4, 0.5) is 0 Å². The van der Waals surface area contributed by atoms with E-state index in [1.54, 1.807) is 6.92 Å². The standard InChI is InChI=1S/C10H19N3O4/c1-3-12-9(16)6(2)13-10(17)7(11)4-5-8(14)15/h6-7H,3-5,11H2,1-2H3,(H,12,16)(H,13,17)(H,14,15). The maximum absolute atomic E-state index is 11.5. The molecule has 0 spiro atoms. The van der Waals surface area contributed by atoms with E-state index in [0.717, 1.165) is 0 Å². The van der Waals surface area contributed by atoms with E-state index in [4.69, 9.17) is 10.8 Å². The summed E-state index contributed by atoms with van der Waals surface area (Å²) in [7, 11) is 0. The SMILES string of the molecule is CCNC(=O)C(C)NC(=O)C(N)CCC(=O)O. The van der Waals surface area contributed by atoms with Crippen molar-refractivity contribution in [3.05, 3.63) is 0 Å². The van der Waals surface area contributed by atoms with Gasteiger partial charge in [0.1, 0.15) is 6.04 Å². The minimum atomic E-state index is -1.01. The number of carbonyl (C=O) groups excluding carboxylic acids is 2. The van der Waals surface area contributed by atoms with Gasteiger partial charge >= 0.3 is 5.97 Å². The molecule has 5 N–H and O–H groups in total. The molecule has 0 heterocycles. The molecule has 0 aliphatic rings. The Labute approximate surface area is 99.7 Å². The lowest BCUT2D eigenvalue weighted by Crippen LogP contribution is -2.50. The van der Waals surface area contributed by atoms with E-state index < -0.39 is 24.0 Å². The molecule has 2 atom stereocenters. The Kier molecular flexibility index (Phi) is 6.88. The maximum Gasteiger partial charge on any atom is 0.303 e. The number of carbonyl (C=O) groups is 3. The molecule has 0 fully saturated rings. The van der Waals surface area contributed by atoms with Crippen LogP contribution in [-0.2, 0) is 14.4 Å². The molecule has 0 saturated carbocycles. The van der Waals surface area contributed by atoms with E-state index in [1.807, 2.05) is 0 Å². The largest absolute Gasteiger partial charge is 0.481 e. The second-order valence-corrected chi connectivity index (χ2v) is 3.66. The van der Waals surface area contributed by atoms with Crippen LogP contribution < -0.4 is 16.4 Å². The Bertz CT molecular complexity index is 293. The molecular weight excluding hydrogens is 226 g/mol. The molecule has 7 heteroatoms. The number of amides is 2. The van der Waals surface area contributed by atoms with Crippen molar-refractivity contribution >= 4 is 17.8 Å². The summed E-state index contributed by atoms with van der Waals surface area (Å²) in [4.78, 5) is 33.1. The Morgan fingerprint density at radius 1 is 1.29 bits per heavy atom. The Hall–Kier alpha value is -1.63. The summed E-state index contributed by atoms with van der Waals surface area (Å²) in [6, 6.07) is -1.60. The molecule has 2 amide bonds. The number of nitrogens with two attached hydrogens (primary N) is 1. The van der Waals surface area contributed by atoms with Crippen LogP contribution in [0.25, 0.3) is 0 Å². The Morgan fingerprint density at radius 2 is 1.88 bits per heavy atom. The summed E-state index contributed by atoms with van der Waals surface area (Å²) in [5.41, 5.74) is 5.48. The van der Waals surface area contributed by atoms with Gasteiger partial charge in [-0.25, -0.2) is 0 Å². The zero-order chi connectivity index (χ0) is 13.4. The average molecular weight is 245 g/mol. The molecule has 0 aromatic heterocycles. The zero-order valence-corrected chi connectivity index (χ0v) is 10.0. The Balaban J connectivity index is 4.06. The van der Waals surface area contributed by atoms with E-state index in [2.05, 4.69) is 10.6 Å². The zero-order valence-electron chi connectivity index (χ0n) is 10.0. The third-order valence-electron chi connectivity index (χ3n) is 2.11. The summed E-state index contributed by atoms with van der Waals surface area (Å²) in [5.74, 6) is -1.83. The summed E-state index contributed by atoms with van der Waals surface area (Å²) >= 11 is 0. The van der Waals surface area contributed by atoms with Crippen LogP contribution in [0, 0.1) is 0 Å². The van der Waals surface area contributed by atoms with E-state index in [0.29, 0.717) is 6.54 Å². The Morgan fingerprint density at radius 3 is 2.35 bits per heavy atom. The van der Waals surface area contributed by atoms with Gasteiger partial charge in [-0.2, -0.15) is 0 Å². The molecule has 0 aromatic carbocycles. The molecular formula is C10H19N3O4. The van der Waals surface area contributed by atoms with E-state index in [1.165, 1.54) is 6.92 Å². The molecule has 98 valence electrons. The van der Waals surface area contributed by atoms with Crippen LogP contribution in [0.3, 0.4) is 0 Å². The van der Waals surface area contributed by atoms with Gasteiger partial charge in [0, 0.05) is 13.0 Å². The van der Waals surface area contributed by atoms with Crippen molar-refractivity contribution in [3.63, 3.8) is 0 Å². The topological polar surface area (TPSA) is 122 Å². The lowest BCUT2D eigenvalue weighted by atomic mass is 10.1. The summed E-state index contributed by atoms with van der Waals surface area (Å²) in [6.07, 6.45) is -0.132. The molecule has 0 radical (unpaired) electrons. The number of likely N-dealkylation sites (N-methyl/N-ethyl adjacent to an activating group) is 1. The number of rotatable bonds is 7. The second kappa shape index (κ2) is 7.61. The van der Waals surface area contributed by atoms with Crippen LogP contribution in [0.2, 0.25) is 0 Å². The summed E-state index contributed by atoms with van der Waals surface area (Å²) in [6.45, 7) is 3.78. The highest BCUT2D eigenvalue weighted by molar-refractivity contribution is 5.89. The quantitative estimate of drug-likeness (QED) is 0.450. The van der Waals surface area contributed by atoms with Crippen LogP contribution >= 0.6 is 0 Å². The molecule has 7 nitrogen and oxygen atoms in total. The molecule has 0 aliphatic heterocycles. The fraction of sp³-hybridized carbons (Fsp3) is 0.700. The van der Waals surface area contributed by atoms with E-state index in [-0.39, 0.29) is 18.7 Å². The van der Waals surface area contributed by atoms with Crippen molar-refractivity contribution in [2.24, 2.45) is 5.73 Å². The van der Waals surface area contributed by atoms with Crippen molar-refractivity contribution in [1.29, 1.82) is 0 Å². The second-order valence-electron chi connectivity index (χ2n) is 3.66. The number of nitrogens with one attached hydrogen (secondary N) is 2. The highest BCUT2D eigenvalue weighted by atomic mass is 16.4. The van der Waals surface area contributed by atoms with Crippen molar-refractivity contribution in [2.75, 3.05) is 6.54 Å². The van der Waals surface area contributed by atoms with Gasteiger partial charge in [0.05, 0.1) is 6.04 Å². The monoisotopic (exact) mass is 245 g/mol. The minimum Gasteiger partial charge on any atom is -0.481 e. The predicted octanol–water partition coefficient (Wildman–Crippen LogP) is -1.18. The van der Waals surface area contributed by atoms with Gasteiger partial charge in [-0.05, 0) is 20.3 Å². The van der Waals surface area contributed by atoms with Gasteiger partial charge in [0.15, 0.2) is 0 Å². The molecule has 2 unspecified atom stereocenters. The van der Waals surface area contributed by atoms with Gasteiger partial charge in [-0.1, -0.05) is 0 Å². The van der Waals surface area contributed by atoms with Crippen molar-refractivity contribution in [1.82, 2.24) is 10.6 Å². The normalized spacial score (nSPS) is 13.6. The lowest BCUT2D eigenvalue weighted by molar-refractivity contribution is -0.137. The summed E-state index contributed by atoms with van der Waals surface area (Å²) in [5, 5.41) is 13.4. The van der Waals surface area contributed by atoms with Crippen molar-refractivity contribution < 1.29 is 19.5 Å². The lowest BCUT2D eigenvalue weighted by Gasteiger charge is -2.16. The molecule has 0 rings (SSSR count). The van der Waals surface area contributed by atoms with Crippen LogP contribution in [0.5, 0.6) is 0 Å². The van der Waals surface area contributed by atoms with Gasteiger partial charge in [-0.15, -0.1) is 0 Å². The van der Waals surface area contributed by atoms with Gasteiger partial charge in [-0.3, -0.25) is 14.4 Å². The first-order chi connectivity index (χ1) is 7.88. The van der Waals surface area contributed by atoms with Gasteiger partial charge in [0.25, 0.3) is 0 Å². The predicted molar refractivity (Wildman–Crippen MR) is 61.1 cm³/mol. The molecule has 0 bridgehead atoms. The first-order valence-corrected chi connectivity index (χ1v) is 5.44. The number of aliphatic carboxylic acids is 1. The number of hydrogen-bond donors (Lipinski definition) is 4. The van der Waals surface area contributed by atoms with Crippen LogP contribution in [0.15, 0.2) is 0 Å². The molecule has 0 aliphatic carbocycles. The molecule has 0 saturated heterocycles. The first kappa shape index (κ1) is 15.4. The minimum absolute atomic E-state index is 0.0449. The van der Waals surface area contributed by atoms with Gasteiger partial charge in [0.2, 0.25) is 11.8 Å². The average Bonchev–Trinajstić information content (AvgIpc) is 2.25. The fourth-order valence-corrected chi connectivity index (χ4v) is 1.12. The van der Waals surface area contributed by atoms with E-state index >= 15 is 0 Å². The third kappa shape index (κ3) is 6.52. The highest BCUT2D eigenvalue weighted by Crippen LogP contribution is 1.95. The third-order valence-corrected chi connectivity index (χ3v) is 2.11. The van der Waals surface area contributed by atoms with Crippen LogP contribution in [-0.4, -0.2) is 41.5 Å². The molecule has 0 aromatic rings. The smallest absolute Gasteiger partial charge is 0.303 e. The first-order valence-electron chi connectivity index (χ1n) is 5.44. The maximum atomic E-state index is 11.5. The fourth-order valence-electron chi connectivity index (χ4n) is 1.12. The van der Waals surface area contributed by atoms with E-state index in [9.17, 15) is 14.4 Å². The van der Waals surface area contributed by atoms with Gasteiger partial charge < -0.3 is 21.5 Å². The highest BCUT2D eigenvalue weighted by Gasteiger charge is 2.19. The molecule has 17 heavy (non-hydrogen) atoms. The number of hydrogen-bond acceptors (Lipinski definition) is 4. The number of carboxylic acid groups (broad SMARTS) is 1. The summed E-state index contributed by atoms with van der Waals surface area (Å²) < 4.78 is 0.